The molecular weight excluding hydrogens is 420 g/mol. The van der Waals surface area contributed by atoms with E-state index < -0.39 is 0 Å². The van der Waals surface area contributed by atoms with E-state index in [4.69, 9.17) is 9.47 Å². The van der Waals surface area contributed by atoms with Crippen molar-refractivity contribution in [1.29, 1.82) is 0 Å². The van der Waals surface area contributed by atoms with Crippen molar-refractivity contribution in [2.45, 2.75) is 13.8 Å². The van der Waals surface area contributed by atoms with Crippen LogP contribution in [-0.4, -0.2) is 39.8 Å². The molecule has 0 fully saturated rings. The van der Waals surface area contributed by atoms with Crippen LogP contribution in [0.5, 0.6) is 11.5 Å². The highest BCUT2D eigenvalue weighted by atomic mass is 16.5. The number of benzene rings is 3. The Morgan fingerprint density at radius 1 is 0.758 bits per heavy atom. The number of methoxy groups -OCH3 is 3. The van der Waals surface area contributed by atoms with Gasteiger partial charge in [-0.15, -0.1) is 0 Å². The summed E-state index contributed by atoms with van der Waals surface area (Å²) in [7, 11) is 4.73. The number of carbonyl (C=O) groups is 2. The summed E-state index contributed by atoms with van der Waals surface area (Å²) in [5, 5.41) is 5.73. The lowest BCUT2D eigenvalue weighted by Crippen LogP contribution is -2.15. The molecule has 2 N–H and O–H groups in total. The minimum atomic E-state index is -0.291. The number of carbonyl (C=O) groups excluding carboxylic acids is 2. The third-order valence-corrected chi connectivity index (χ3v) is 4.71. The monoisotopic (exact) mass is 450 g/mol. The lowest BCUT2D eigenvalue weighted by Gasteiger charge is -2.13. The molecule has 0 atom stereocenters. The first-order chi connectivity index (χ1) is 15.9. The highest BCUT2D eigenvalue weighted by molar-refractivity contribution is 6.07. The standard InChI is InChI=1S/C23H22N2O4.C3H8O/c1-15-9-11-18(24-22(26)16-7-5-4-6-8-16)14-19(15)25-23(27)17-10-12-20(28-2)21(13-17)29-3;1-3-4-2/h4-14H,1-3H3,(H,24,26)(H,25,27);3H2,1-2H3. The van der Waals surface area contributed by atoms with Crippen molar-refractivity contribution in [1.82, 2.24) is 0 Å². The number of ether oxygens (including phenoxy) is 3. The topological polar surface area (TPSA) is 85.9 Å². The molecule has 3 aromatic rings. The van der Waals surface area contributed by atoms with Crippen LogP contribution in [0.15, 0.2) is 66.7 Å². The third-order valence-electron chi connectivity index (χ3n) is 4.71. The van der Waals surface area contributed by atoms with Crippen molar-refractivity contribution >= 4 is 23.2 Å². The van der Waals surface area contributed by atoms with Crippen molar-refractivity contribution in [3.8, 4) is 11.5 Å². The Bertz CT molecular complexity index is 1070. The van der Waals surface area contributed by atoms with E-state index in [1.807, 2.05) is 26.0 Å². The molecule has 0 radical (unpaired) electrons. The van der Waals surface area contributed by atoms with E-state index in [0.717, 1.165) is 12.2 Å². The van der Waals surface area contributed by atoms with Gasteiger partial charge in [-0.25, -0.2) is 0 Å². The molecule has 2 amide bonds. The molecule has 0 saturated carbocycles. The fourth-order valence-corrected chi connectivity index (χ4v) is 2.80. The number of hydrogen-bond donors (Lipinski definition) is 2. The van der Waals surface area contributed by atoms with Crippen molar-refractivity contribution in [2.75, 3.05) is 38.6 Å². The molecule has 3 aromatic carbocycles. The minimum Gasteiger partial charge on any atom is -0.493 e. The first-order valence-corrected chi connectivity index (χ1v) is 10.4. The zero-order chi connectivity index (χ0) is 24.2. The molecule has 0 bridgehead atoms. The summed E-state index contributed by atoms with van der Waals surface area (Å²) in [4.78, 5) is 25.1. The number of anilines is 2. The molecule has 3 rings (SSSR count). The summed E-state index contributed by atoms with van der Waals surface area (Å²) in [5.74, 6) is 0.513. The average Bonchev–Trinajstić information content (AvgIpc) is 2.86. The van der Waals surface area contributed by atoms with E-state index in [-0.39, 0.29) is 11.8 Å². The molecule has 0 heterocycles. The minimum absolute atomic E-state index is 0.216. The molecule has 7 nitrogen and oxygen atoms in total. The molecule has 0 saturated heterocycles. The quantitative estimate of drug-likeness (QED) is 0.519. The Morgan fingerprint density at radius 2 is 1.39 bits per heavy atom. The number of rotatable bonds is 7. The van der Waals surface area contributed by atoms with Crippen molar-refractivity contribution in [2.24, 2.45) is 0 Å². The van der Waals surface area contributed by atoms with Crippen LogP contribution in [0.3, 0.4) is 0 Å². The summed E-state index contributed by atoms with van der Waals surface area (Å²) >= 11 is 0. The summed E-state index contributed by atoms with van der Waals surface area (Å²) in [5.41, 5.74) is 3.06. The van der Waals surface area contributed by atoms with Gasteiger partial charge < -0.3 is 24.8 Å². The van der Waals surface area contributed by atoms with Crippen LogP contribution < -0.4 is 20.1 Å². The van der Waals surface area contributed by atoms with Crippen LogP contribution in [0.25, 0.3) is 0 Å². The fraction of sp³-hybridized carbons (Fsp3) is 0.231. The summed E-state index contributed by atoms with van der Waals surface area (Å²) in [6, 6.07) is 19.3. The number of amides is 2. The maximum atomic E-state index is 12.7. The molecule has 0 spiro atoms. The summed E-state index contributed by atoms with van der Waals surface area (Å²) < 4.78 is 15.0. The van der Waals surface area contributed by atoms with Crippen LogP contribution in [0, 0.1) is 6.92 Å². The highest BCUT2D eigenvalue weighted by Gasteiger charge is 2.13. The Morgan fingerprint density at radius 3 is 2.00 bits per heavy atom. The largest absolute Gasteiger partial charge is 0.493 e. The zero-order valence-corrected chi connectivity index (χ0v) is 19.6. The van der Waals surface area contributed by atoms with Crippen LogP contribution in [-0.2, 0) is 4.74 Å². The second-order valence-corrected chi connectivity index (χ2v) is 6.95. The zero-order valence-electron chi connectivity index (χ0n) is 19.6. The second kappa shape index (κ2) is 12.9. The molecule has 0 aromatic heterocycles. The first kappa shape index (κ1) is 25.4. The lowest BCUT2D eigenvalue weighted by molar-refractivity contribution is 0.101. The third kappa shape index (κ3) is 7.36. The van der Waals surface area contributed by atoms with Gasteiger partial charge in [0, 0.05) is 36.2 Å². The van der Waals surface area contributed by atoms with E-state index in [1.165, 1.54) is 14.2 Å². The van der Waals surface area contributed by atoms with Gasteiger partial charge in [0.1, 0.15) is 0 Å². The predicted molar refractivity (Wildman–Crippen MR) is 131 cm³/mol. The van der Waals surface area contributed by atoms with Crippen LogP contribution >= 0.6 is 0 Å². The molecule has 0 aliphatic carbocycles. The van der Waals surface area contributed by atoms with Gasteiger partial charge in [-0.1, -0.05) is 24.3 Å². The van der Waals surface area contributed by atoms with Gasteiger partial charge in [0.15, 0.2) is 11.5 Å². The lowest BCUT2D eigenvalue weighted by atomic mass is 10.1. The number of nitrogens with one attached hydrogen (secondary N) is 2. The van der Waals surface area contributed by atoms with E-state index in [1.54, 1.807) is 61.7 Å². The molecule has 7 heteroatoms. The van der Waals surface area contributed by atoms with Crippen LogP contribution in [0.4, 0.5) is 11.4 Å². The van der Waals surface area contributed by atoms with Crippen molar-refractivity contribution < 1.29 is 23.8 Å². The Hall–Kier alpha value is -3.84. The number of hydrogen-bond acceptors (Lipinski definition) is 5. The molecule has 0 aliphatic rings. The van der Waals surface area contributed by atoms with Gasteiger partial charge in [0.2, 0.25) is 0 Å². The summed E-state index contributed by atoms with van der Waals surface area (Å²) in [6.07, 6.45) is 0. The molecular formula is C26H30N2O5. The van der Waals surface area contributed by atoms with E-state index in [0.29, 0.717) is 34.0 Å². The van der Waals surface area contributed by atoms with Crippen molar-refractivity contribution in [3.63, 3.8) is 0 Å². The SMILES string of the molecule is CCOC.COc1ccc(C(=O)Nc2cc(NC(=O)c3ccccc3)ccc2C)cc1OC. The average molecular weight is 451 g/mol. The Balaban J connectivity index is 0.000000890. The van der Waals surface area contributed by atoms with Gasteiger partial charge in [-0.3, -0.25) is 9.59 Å². The molecule has 0 unspecified atom stereocenters. The van der Waals surface area contributed by atoms with Crippen LogP contribution in [0.1, 0.15) is 33.2 Å². The molecule has 0 aliphatic heterocycles. The highest BCUT2D eigenvalue weighted by Crippen LogP contribution is 2.28. The number of aryl methyl sites for hydroxylation is 1. The van der Waals surface area contributed by atoms with E-state index in [2.05, 4.69) is 15.4 Å². The van der Waals surface area contributed by atoms with Gasteiger partial charge in [0.25, 0.3) is 11.8 Å². The Kier molecular flexibility index (Phi) is 9.92. The van der Waals surface area contributed by atoms with Gasteiger partial charge >= 0.3 is 0 Å². The van der Waals surface area contributed by atoms with Gasteiger partial charge in [-0.2, -0.15) is 0 Å². The van der Waals surface area contributed by atoms with Crippen molar-refractivity contribution in [3.05, 3.63) is 83.4 Å². The molecule has 33 heavy (non-hydrogen) atoms. The second-order valence-electron chi connectivity index (χ2n) is 6.95. The Labute approximate surface area is 194 Å². The van der Waals surface area contributed by atoms with Gasteiger partial charge in [-0.05, 0) is 61.9 Å². The first-order valence-electron chi connectivity index (χ1n) is 10.4. The van der Waals surface area contributed by atoms with Gasteiger partial charge in [0.05, 0.1) is 14.2 Å². The maximum absolute atomic E-state index is 12.7. The normalized spacial score (nSPS) is 9.85. The molecule has 174 valence electrons. The van der Waals surface area contributed by atoms with E-state index >= 15 is 0 Å². The fourth-order valence-electron chi connectivity index (χ4n) is 2.80. The summed E-state index contributed by atoms with van der Waals surface area (Å²) in [6.45, 7) is 4.66. The van der Waals surface area contributed by atoms with E-state index in [9.17, 15) is 9.59 Å². The van der Waals surface area contributed by atoms with Crippen LogP contribution in [0.2, 0.25) is 0 Å². The maximum Gasteiger partial charge on any atom is 0.255 e. The smallest absolute Gasteiger partial charge is 0.255 e. The predicted octanol–water partition coefficient (Wildman–Crippen LogP) is 5.17.